The monoisotopic (exact) mass is 748 g/mol. The minimum Gasteiger partial charge on any atom is -0.456 e. The van der Waals surface area contributed by atoms with Gasteiger partial charge in [0.25, 0.3) is 0 Å². The van der Waals surface area contributed by atoms with Crippen LogP contribution in [0.25, 0.3) is 0 Å². The highest BCUT2D eigenvalue weighted by molar-refractivity contribution is 5.98. The first-order chi connectivity index (χ1) is 26.2. The van der Waals surface area contributed by atoms with Crippen LogP contribution in [0.2, 0.25) is 0 Å². The van der Waals surface area contributed by atoms with Gasteiger partial charge >= 0.3 is 18.2 Å². The molecule has 1 unspecified atom stereocenters. The fraction of sp³-hybridized carbons (Fsp3) is 0.349. The van der Waals surface area contributed by atoms with E-state index in [0.29, 0.717) is 51.5 Å². The first kappa shape index (κ1) is 38.7. The highest BCUT2D eigenvalue weighted by atomic mass is 16.6. The molecule has 0 radical (unpaired) electrons. The Kier molecular flexibility index (Phi) is 11.1. The minimum atomic E-state index is -1.23. The van der Waals surface area contributed by atoms with Crippen molar-refractivity contribution in [2.75, 3.05) is 28.6 Å². The molecule has 0 fully saturated rings. The quantitative estimate of drug-likeness (QED) is 0.101. The van der Waals surface area contributed by atoms with Gasteiger partial charge in [0.05, 0.1) is 5.56 Å². The molecule has 0 aromatic heterocycles. The molecule has 0 aliphatic carbocycles. The summed E-state index contributed by atoms with van der Waals surface area (Å²) >= 11 is 0. The Balaban J connectivity index is 1.14. The standard InChI is InChI=1S/C43H48N4O8/c1-8-47(9-2)30-19-21-34-37(24-30)53-36-23-29(18-20-33(36)43(34)32-13-11-10-12-31(32)39(49)54-43)45-40(50)52-25-27-14-16-28(17-15-27)44-38(48)35(22-26(3)4)46-41(51)55-42(5,6)7/h10-21,23-24,26,35H,8-9,22,25H2,1-7H3,(H,44,48)(H,45,50)(H,46,51)/t35-,43?/m0/s1. The fourth-order valence-electron chi connectivity index (χ4n) is 6.90. The van der Waals surface area contributed by atoms with Crippen molar-refractivity contribution < 1.29 is 38.1 Å². The normalized spacial score (nSPS) is 15.8. The second-order valence-corrected chi connectivity index (χ2v) is 15.0. The number of carbonyl (C=O) groups excluding carboxylic acids is 4. The van der Waals surface area contributed by atoms with Gasteiger partial charge in [-0.3, -0.25) is 10.1 Å². The average molecular weight is 749 g/mol. The van der Waals surface area contributed by atoms with Gasteiger partial charge in [-0.25, -0.2) is 14.4 Å². The number of carbonyl (C=O) groups is 4. The lowest BCUT2D eigenvalue weighted by Gasteiger charge is -2.37. The second-order valence-electron chi connectivity index (χ2n) is 15.0. The maximum absolute atomic E-state index is 13.2. The van der Waals surface area contributed by atoms with Crippen LogP contribution in [0.1, 0.15) is 87.5 Å². The van der Waals surface area contributed by atoms with Crippen molar-refractivity contribution in [3.63, 3.8) is 0 Å². The summed E-state index contributed by atoms with van der Waals surface area (Å²) in [7, 11) is 0. The summed E-state index contributed by atoms with van der Waals surface area (Å²) in [5, 5.41) is 8.29. The molecule has 0 saturated heterocycles. The number of esters is 1. The Hall–Kier alpha value is -6.04. The van der Waals surface area contributed by atoms with E-state index in [1.807, 2.05) is 50.2 Å². The molecule has 2 atom stereocenters. The van der Waals surface area contributed by atoms with Crippen molar-refractivity contribution in [1.29, 1.82) is 0 Å². The average Bonchev–Trinajstić information content (AvgIpc) is 3.42. The summed E-state index contributed by atoms with van der Waals surface area (Å²) in [4.78, 5) is 53.9. The van der Waals surface area contributed by atoms with Crippen molar-refractivity contribution >= 4 is 41.1 Å². The number of anilines is 3. The molecule has 4 aromatic rings. The van der Waals surface area contributed by atoms with Gasteiger partial charge in [0.15, 0.2) is 5.60 Å². The van der Waals surface area contributed by atoms with Crippen LogP contribution in [0.5, 0.6) is 11.5 Å². The van der Waals surface area contributed by atoms with E-state index in [4.69, 9.17) is 18.9 Å². The van der Waals surface area contributed by atoms with Crippen molar-refractivity contribution in [2.45, 2.75) is 78.7 Å². The molecule has 2 heterocycles. The number of amides is 3. The molecule has 3 amide bonds. The molecule has 3 N–H and O–H groups in total. The molecule has 12 heteroatoms. The molecule has 4 aromatic carbocycles. The highest BCUT2D eigenvalue weighted by Gasteiger charge is 2.53. The number of nitrogens with zero attached hydrogens (tertiary/aromatic N) is 1. The van der Waals surface area contributed by atoms with Crippen LogP contribution in [0.3, 0.4) is 0 Å². The van der Waals surface area contributed by atoms with Crippen molar-refractivity contribution in [1.82, 2.24) is 5.32 Å². The number of hydrogen-bond acceptors (Lipinski definition) is 9. The molecule has 2 aliphatic rings. The van der Waals surface area contributed by atoms with Crippen LogP contribution >= 0.6 is 0 Å². The van der Waals surface area contributed by atoms with Crippen LogP contribution in [-0.2, 0) is 31.2 Å². The lowest BCUT2D eigenvalue weighted by Crippen LogP contribution is -2.46. The Morgan fingerprint density at radius 2 is 1.45 bits per heavy atom. The van der Waals surface area contributed by atoms with Gasteiger partial charge in [-0.15, -0.1) is 0 Å². The summed E-state index contributed by atoms with van der Waals surface area (Å²) in [5.41, 5.74) is 3.24. The smallest absolute Gasteiger partial charge is 0.411 e. The Morgan fingerprint density at radius 1 is 0.800 bits per heavy atom. The van der Waals surface area contributed by atoms with Crippen LogP contribution in [0, 0.1) is 5.92 Å². The number of benzene rings is 4. The Morgan fingerprint density at radius 3 is 2.13 bits per heavy atom. The van der Waals surface area contributed by atoms with E-state index in [0.717, 1.165) is 24.3 Å². The number of nitrogens with one attached hydrogen (secondary N) is 3. The van der Waals surface area contributed by atoms with Gasteiger partial charge in [0, 0.05) is 59.0 Å². The summed E-state index contributed by atoms with van der Waals surface area (Å²) in [5.74, 6) is 0.338. The van der Waals surface area contributed by atoms with Crippen LogP contribution in [-0.4, -0.2) is 48.8 Å². The lowest BCUT2D eigenvalue weighted by molar-refractivity contribution is -0.118. The highest BCUT2D eigenvalue weighted by Crippen LogP contribution is 2.57. The van der Waals surface area contributed by atoms with Crippen LogP contribution in [0.4, 0.5) is 26.7 Å². The number of fused-ring (bicyclic) bond motifs is 6. The minimum absolute atomic E-state index is 0.0327. The number of hydrogen-bond donors (Lipinski definition) is 3. The van der Waals surface area contributed by atoms with Crippen LogP contribution < -0.4 is 25.6 Å². The maximum Gasteiger partial charge on any atom is 0.411 e. The fourth-order valence-corrected chi connectivity index (χ4v) is 6.90. The van der Waals surface area contributed by atoms with Gasteiger partial charge in [0.2, 0.25) is 5.91 Å². The molecule has 0 bridgehead atoms. The first-order valence-corrected chi connectivity index (χ1v) is 18.6. The maximum atomic E-state index is 13.2. The predicted molar refractivity (Wildman–Crippen MR) is 210 cm³/mol. The van der Waals surface area contributed by atoms with Gasteiger partial charge < -0.3 is 34.5 Å². The zero-order valence-corrected chi connectivity index (χ0v) is 32.3. The van der Waals surface area contributed by atoms with E-state index in [2.05, 4.69) is 34.7 Å². The molecular weight excluding hydrogens is 700 g/mol. The lowest BCUT2D eigenvalue weighted by atomic mass is 9.77. The topological polar surface area (TPSA) is 145 Å². The SMILES string of the molecule is CCN(CC)c1ccc2c(c1)Oc1cc(NC(=O)OCc3ccc(NC(=O)[C@H](CC(C)C)NC(=O)OC(C)(C)C)cc3)ccc1C21OC(=O)c2ccccc21. The first-order valence-electron chi connectivity index (χ1n) is 18.6. The number of ether oxygens (including phenoxy) is 4. The van der Waals surface area contributed by atoms with Crippen molar-refractivity contribution in [2.24, 2.45) is 5.92 Å². The summed E-state index contributed by atoms with van der Waals surface area (Å²) in [6.45, 7) is 14.9. The molecule has 2 aliphatic heterocycles. The van der Waals surface area contributed by atoms with E-state index in [9.17, 15) is 19.2 Å². The van der Waals surface area contributed by atoms with E-state index < -0.39 is 35.4 Å². The summed E-state index contributed by atoms with van der Waals surface area (Å²) in [6.07, 6.45) is -0.921. The molecule has 55 heavy (non-hydrogen) atoms. The Labute approximate surface area is 321 Å². The third-order valence-electron chi connectivity index (χ3n) is 9.38. The molecular formula is C43H48N4O8. The molecule has 288 valence electrons. The second kappa shape index (κ2) is 15.7. The van der Waals surface area contributed by atoms with Gasteiger partial charge in [-0.2, -0.15) is 0 Å². The summed E-state index contributed by atoms with van der Waals surface area (Å²) in [6, 6.07) is 24.6. The van der Waals surface area contributed by atoms with E-state index >= 15 is 0 Å². The summed E-state index contributed by atoms with van der Waals surface area (Å²) < 4.78 is 23.6. The van der Waals surface area contributed by atoms with Gasteiger partial charge in [-0.05, 0) is 95.0 Å². The zero-order chi connectivity index (χ0) is 39.5. The third kappa shape index (κ3) is 8.38. The number of alkyl carbamates (subject to hydrolysis) is 1. The zero-order valence-electron chi connectivity index (χ0n) is 32.3. The predicted octanol–water partition coefficient (Wildman–Crippen LogP) is 8.73. The van der Waals surface area contributed by atoms with Gasteiger partial charge in [0.1, 0.15) is 29.7 Å². The van der Waals surface area contributed by atoms with Crippen molar-refractivity contribution in [3.8, 4) is 11.5 Å². The number of rotatable bonds is 11. The third-order valence-corrected chi connectivity index (χ3v) is 9.38. The molecule has 0 saturated carbocycles. The largest absolute Gasteiger partial charge is 0.456 e. The molecule has 6 rings (SSSR count). The Bertz CT molecular complexity index is 2090. The molecule has 12 nitrogen and oxygen atoms in total. The molecule has 1 spiro atoms. The van der Waals surface area contributed by atoms with Gasteiger partial charge in [-0.1, -0.05) is 44.2 Å². The van der Waals surface area contributed by atoms with E-state index in [-0.39, 0.29) is 18.4 Å². The van der Waals surface area contributed by atoms with E-state index in [1.54, 1.807) is 69.3 Å². The van der Waals surface area contributed by atoms with Crippen LogP contribution in [0.15, 0.2) is 84.9 Å². The van der Waals surface area contributed by atoms with Crippen molar-refractivity contribution in [3.05, 3.63) is 113 Å². The van der Waals surface area contributed by atoms with E-state index in [1.165, 1.54) is 0 Å².